The highest BCUT2D eigenvalue weighted by molar-refractivity contribution is 6.09. The molecule has 3 heterocycles. The third-order valence-electron chi connectivity index (χ3n) is 5.45. The van der Waals surface area contributed by atoms with E-state index in [0.29, 0.717) is 40.5 Å². The minimum atomic E-state index is -0.107. The van der Waals surface area contributed by atoms with Gasteiger partial charge in [0.1, 0.15) is 5.75 Å². The number of ether oxygens (including phenoxy) is 1. The van der Waals surface area contributed by atoms with E-state index in [1.807, 2.05) is 18.2 Å². The Morgan fingerprint density at radius 2 is 1.84 bits per heavy atom. The molecule has 1 aliphatic heterocycles. The number of aromatic amines is 1. The van der Waals surface area contributed by atoms with E-state index < -0.39 is 0 Å². The number of rotatable bonds is 5. The van der Waals surface area contributed by atoms with E-state index in [0.717, 1.165) is 23.4 Å². The highest BCUT2D eigenvalue weighted by atomic mass is 16.5. The molecule has 2 N–H and O–H groups in total. The van der Waals surface area contributed by atoms with Gasteiger partial charge < -0.3 is 15.0 Å². The Kier molecular flexibility index (Phi) is 4.99. The molecule has 7 nitrogen and oxygen atoms in total. The first-order chi connectivity index (χ1) is 15.6. The Bertz CT molecular complexity index is 1340. The van der Waals surface area contributed by atoms with Crippen LogP contribution in [0, 0.1) is 0 Å². The summed E-state index contributed by atoms with van der Waals surface area (Å²) in [6.45, 7) is 0.620. The summed E-state index contributed by atoms with van der Waals surface area (Å²) >= 11 is 0. The zero-order chi connectivity index (χ0) is 22.1. The Labute approximate surface area is 184 Å². The second-order valence-electron chi connectivity index (χ2n) is 7.49. The maximum Gasteiger partial charge on any atom is 0.253 e. The average molecular weight is 424 g/mol. The predicted octanol–water partition coefficient (Wildman–Crippen LogP) is 3.66. The van der Waals surface area contributed by atoms with Crippen molar-refractivity contribution in [2.24, 2.45) is 0 Å². The van der Waals surface area contributed by atoms with Crippen LogP contribution in [0.1, 0.15) is 32.0 Å². The van der Waals surface area contributed by atoms with Crippen molar-refractivity contribution < 1.29 is 14.3 Å². The number of methoxy groups -OCH3 is 1. The van der Waals surface area contributed by atoms with E-state index in [-0.39, 0.29) is 11.7 Å². The van der Waals surface area contributed by atoms with Gasteiger partial charge in [0.15, 0.2) is 11.6 Å². The molecule has 0 saturated carbocycles. The lowest BCUT2D eigenvalue weighted by Gasteiger charge is -2.10. The summed E-state index contributed by atoms with van der Waals surface area (Å²) in [5.74, 6) is 0.946. The standard InChI is InChI=1S/C25H20N4O3/c1-32-18-7-3-5-16(13-18)23(30)15-4-2-6-17(12-15)24-26-10-9-21(29-24)22-14-19-20(28-22)8-11-27-25(19)31/h2-7,9-10,12-14,28H,8,11H2,1H3,(H,27,31). The number of hydrogen-bond donors (Lipinski definition) is 2. The highest BCUT2D eigenvalue weighted by Crippen LogP contribution is 2.25. The van der Waals surface area contributed by atoms with Crippen LogP contribution in [0.25, 0.3) is 22.8 Å². The van der Waals surface area contributed by atoms with Gasteiger partial charge in [0, 0.05) is 41.5 Å². The first-order valence-corrected chi connectivity index (χ1v) is 10.2. The molecule has 5 rings (SSSR count). The summed E-state index contributed by atoms with van der Waals surface area (Å²) in [6.07, 6.45) is 2.43. The lowest BCUT2D eigenvalue weighted by atomic mass is 10.0. The van der Waals surface area contributed by atoms with Gasteiger partial charge in [0.2, 0.25) is 0 Å². The van der Waals surface area contributed by atoms with E-state index in [9.17, 15) is 9.59 Å². The molecule has 2 aromatic heterocycles. The molecular weight excluding hydrogens is 404 g/mol. The van der Waals surface area contributed by atoms with Gasteiger partial charge >= 0.3 is 0 Å². The minimum absolute atomic E-state index is 0.0771. The Balaban J connectivity index is 1.47. The molecule has 1 aliphatic rings. The van der Waals surface area contributed by atoms with Crippen LogP contribution in [0.5, 0.6) is 5.75 Å². The summed E-state index contributed by atoms with van der Waals surface area (Å²) in [5, 5.41) is 2.85. The van der Waals surface area contributed by atoms with E-state index in [1.165, 1.54) is 0 Å². The smallest absolute Gasteiger partial charge is 0.253 e. The van der Waals surface area contributed by atoms with Gasteiger partial charge in [-0.3, -0.25) is 9.59 Å². The number of hydrogen-bond acceptors (Lipinski definition) is 5. The van der Waals surface area contributed by atoms with Crippen LogP contribution in [0.15, 0.2) is 66.9 Å². The maximum absolute atomic E-state index is 13.0. The normalized spacial score (nSPS) is 12.7. The summed E-state index contributed by atoms with van der Waals surface area (Å²) in [6, 6.07) is 17.9. The van der Waals surface area contributed by atoms with E-state index in [4.69, 9.17) is 4.74 Å². The van der Waals surface area contributed by atoms with E-state index in [2.05, 4.69) is 20.3 Å². The molecule has 2 aromatic carbocycles. The molecule has 0 saturated heterocycles. The van der Waals surface area contributed by atoms with Crippen LogP contribution in [-0.2, 0) is 6.42 Å². The highest BCUT2D eigenvalue weighted by Gasteiger charge is 2.20. The topological polar surface area (TPSA) is 97.0 Å². The van der Waals surface area contributed by atoms with Crippen molar-refractivity contribution in [2.45, 2.75) is 6.42 Å². The summed E-state index contributed by atoms with van der Waals surface area (Å²) < 4.78 is 5.23. The minimum Gasteiger partial charge on any atom is -0.497 e. The fourth-order valence-electron chi connectivity index (χ4n) is 3.81. The maximum atomic E-state index is 13.0. The van der Waals surface area contributed by atoms with Gasteiger partial charge in [-0.2, -0.15) is 0 Å². The monoisotopic (exact) mass is 424 g/mol. The Morgan fingerprint density at radius 1 is 1.03 bits per heavy atom. The Morgan fingerprint density at radius 3 is 2.66 bits per heavy atom. The number of fused-ring (bicyclic) bond motifs is 1. The predicted molar refractivity (Wildman–Crippen MR) is 120 cm³/mol. The zero-order valence-corrected chi connectivity index (χ0v) is 17.4. The second kappa shape index (κ2) is 8.11. The molecule has 0 fully saturated rings. The molecule has 1 amide bonds. The van der Waals surface area contributed by atoms with Crippen molar-refractivity contribution in [3.8, 4) is 28.5 Å². The first kappa shape index (κ1) is 19.7. The van der Waals surface area contributed by atoms with Crippen LogP contribution in [0.3, 0.4) is 0 Å². The van der Waals surface area contributed by atoms with Crippen LogP contribution in [0.4, 0.5) is 0 Å². The number of amides is 1. The molecule has 0 spiro atoms. The van der Waals surface area contributed by atoms with Crippen LogP contribution < -0.4 is 10.1 Å². The number of benzene rings is 2. The molecule has 4 aromatic rings. The van der Waals surface area contributed by atoms with Crippen LogP contribution in [-0.4, -0.2) is 40.3 Å². The van der Waals surface area contributed by atoms with Crippen molar-refractivity contribution in [2.75, 3.05) is 13.7 Å². The van der Waals surface area contributed by atoms with Crippen molar-refractivity contribution in [1.82, 2.24) is 20.3 Å². The quantitative estimate of drug-likeness (QED) is 0.477. The van der Waals surface area contributed by atoms with E-state index >= 15 is 0 Å². The number of carbonyl (C=O) groups excluding carboxylic acids is 2. The van der Waals surface area contributed by atoms with Crippen molar-refractivity contribution >= 4 is 11.7 Å². The third-order valence-corrected chi connectivity index (χ3v) is 5.45. The van der Waals surface area contributed by atoms with Crippen molar-refractivity contribution in [1.29, 1.82) is 0 Å². The fraction of sp³-hybridized carbons (Fsp3) is 0.120. The third kappa shape index (κ3) is 3.65. The SMILES string of the molecule is COc1cccc(C(=O)c2cccc(-c3nccc(-c4cc5c([nH]4)CCNC5=O)n3)c2)c1. The number of aromatic nitrogens is 3. The first-order valence-electron chi connectivity index (χ1n) is 10.2. The summed E-state index contributed by atoms with van der Waals surface area (Å²) in [5.41, 5.74) is 4.82. The van der Waals surface area contributed by atoms with Crippen molar-refractivity contribution in [3.63, 3.8) is 0 Å². The lowest BCUT2D eigenvalue weighted by molar-refractivity contribution is 0.0945. The Hall–Kier alpha value is -4.26. The molecule has 0 atom stereocenters. The average Bonchev–Trinajstić information content (AvgIpc) is 3.30. The van der Waals surface area contributed by atoms with Gasteiger partial charge in [-0.25, -0.2) is 9.97 Å². The van der Waals surface area contributed by atoms with Crippen molar-refractivity contribution in [3.05, 3.63) is 89.2 Å². The molecule has 0 aliphatic carbocycles. The van der Waals surface area contributed by atoms with Gasteiger partial charge in [-0.15, -0.1) is 0 Å². The molecule has 0 unspecified atom stereocenters. The summed E-state index contributed by atoms with van der Waals surface area (Å²) in [7, 11) is 1.57. The number of H-pyrrole nitrogens is 1. The van der Waals surface area contributed by atoms with Crippen LogP contribution in [0.2, 0.25) is 0 Å². The molecule has 0 radical (unpaired) electrons. The largest absolute Gasteiger partial charge is 0.497 e. The fourth-order valence-corrected chi connectivity index (χ4v) is 3.81. The molecule has 0 bridgehead atoms. The number of carbonyl (C=O) groups is 2. The molecule has 32 heavy (non-hydrogen) atoms. The van der Waals surface area contributed by atoms with Gasteiger partial charge in [0.25, 0.3) is 5.91 Å². The number of ketones is 1. The lowest BCUT2D eigenvalue weighted by Crippen LogP contribution is -2.31. The van der Waals surface area contributed by atoms with Crippen LogP contribution >= 0.6 is 0 Å². The van der Waals surface area contributed by atoms with E-state index in [1.54, 1.807) is 55.8 Å². The number of nitrogens with zero attached hydrogens (tertiary/aromatic N) is 2. The molecule has 158 valence electrons. The van der Waals surface area contributed by atoms with Gasteiger partial charge in [-0.05, 0) is 30.3 Å². The molecular formula is C25H20N4O3. The van der Waals surface area contributed by atoms with Gasteiger partial charge in [-0.1, -0.05) is 30.3 Å². The van der Waals surface area contributed by atoms with Gasteiger partial charge in [0.05, 0.1) is 24.1 Å². The number of nitrogens with one attached hydrogen (secondary N) is 2. The summed E-state index contributed by atoms with van der Waals surface area (Å²) in [4.78, 5) is 37.4. The second-order valence-corrected chi connectivity index (χ2v) is 7.49. The zero-order valence-electron chi connectivity index (χ0n) is 17.4. The molecule has 7 heteroatoms.